The molecule has 174 valence electrons. The number of amides is 2. The van der Waals surface area contributed by atoms with Gasteiger partial charge in [-0.25, -0.2) is 4.39 Å². The average molecular weight is 478 g/mol. The molecule has 2 amide bonds. The van der Waals surface area contributed by atoms with Crippen molar-refractivity contribution >= 4 is 29.0 Å². The van der Waals surface area contributed by atoms with Crippen LogP contribution < -0.4 is 9.47 Å². The number of ether oxygens (including phenoxy) is 2. The number of carbonyl (C=O) groups is 2. The lowest BCUT2D eigenvalue weighted by molar-refractivity contribution is -0.123. The van der Waals surface area contributed by atoms with E-state index >= 15 is 0 Å². The van der Waals surface area contributed by atoms with E-state index in [9.17, 15) is 14.0 Å². The Morgan fingerprint density at radius 1 is 0.941 bits per heavy atom. The van der Waals surface area contributed by atoms with Crippen molar-refractivity contribution in [2.75, 3.05) is 13.2 Å². The van der Waals surface area contributed by atoms with Crippen LogP contribution in [0.15, 0.2) is 71.6 Å². The number of hydrogen-bond donors (Lipinski definition) is 0. The number of halogens is 1. The first-order valence-electron chi connectivity index (χ1n) is 10.8. The molecule has 1 heterocycles. The van der Waals surface area contributed by atoms with Crippen LogP contribution in [-0.4, -0.2) is 29.2 Å². The zero-order chi connectivity index (χ0) is 24.1. The molecule has 0 radical (unpaired) electrons. The number of hydrogen-bond acceptors (Lipinski definition) is 5. The minimum atomic E-state index is -0.323. The summed E-state index contributed by atoms with van der Waals surface area (Å²) in [7, 11) is 0. The molecule has 1 aliphatic rings. The molecule has 7 heteroatoms. The molecule has 0 aliphatic carbocycles. The van der Waals surface area contributed by atoms with Gasteiger partial charge in [0.05, 0.1) is 11.4 Å². The Hall–Kier alpha value is -3.58. The summed E-state index contributed by atoms with van der Waals surface area (Å²) in [6.07, 6.45) is 1.69. The van der Waals surface area contributed by atoms with Gasteiger partial charge in [0.1, 0.15) is 30.5 Å². The molecule has 0 aromatic heterocycles. The van der Waals surface area contributed by atoms with Gasteiger partial charge in [0.25, 0.3) is 11.1 Å². The van der Waals surface area contributed by atoms with Gasteiger partial charge in [-0.05, 0) is 84.3 Å². The SMILES string of the molecule is Cc1ccc(C)c(OCCN2C(=O)S/C(=C\c3ccc(OCc4ccc(F)cc4)cc3)C2=O)c1. The Balaban J connectivity index is 1.33. The molecule has 3 aromatic rings. The van der Waals surface area contributed by atoms with E-state index in [1.807, 2.05) is 44.2 Å². The van der Waals surface area contributed by atoms with Crippen LogP contribution in [0.1, 0.15) is 22.3 Å². The minimum absolute atomic E-state index is 0.186. The van der Waals surface area contributed by atoms with Crippen molar-refractivity contribution in [3.8, 4) is 11.5 Å². The van der Waals surface area contributed by atoms with Gasteiger partial charge in [-0.1, -0.05) is 36.4 Å². The highest BCUT2D eigenvalue weighted by atomic mass is 32.2. The normalized spacial score (nSPS) is 14.7. The van der Waals surface area contributed by atoms with Crippen molar-refractivity contribution in [3.05, 3.63) is 99.7 Å². The van der Waals surface area contributed by atoms with E-state index in [1.165, 1.54) is 17.0 Å². The summed E-state index contributed by atoms with van der Waals surface area (Å²) in [6.45, 7) is 4.68. The fraction of sp³-hybridized carbons (Fsp3) is 0.185. The van der Waals surface area contributed by atoms with E-state index in [1.54, 1.807) is 30.3 Å². The smallest absolute Gasteiger partial charge is 0.293 e. The first-order valence-corrected chi connectivity index (χ1v) is 11.6. The summed E-state index contributed by atoms with van der Waals surface area (Å²) in [5.74, 6) is 0.796. The quantitative estimate of drug-likeness (QED) is 0.365. The summed E-state index contributed by atoms with van der Waals surface area (Å²) in [5, 5.41) is -0.305. The van der Waals surface area contributed by atoms with Crippen LogP contribution >= 0.6 is 11.8 Å². The monoisotopic (exact) mass is 477 g/mol. The van der Waals surface area contributed by atoms with Crippen molar-refractivity contribution < 1.29 is 23.5 Å². The Labute approximate surface area is 202 Å². The first-order chi connectivity index (χ1) is 16.4. The summed E-state index contributed by atoms with van der Waals surface area (Å²) in [5.41, 5.74) is 3.73. The third kappa shape index (κ3) is 5.85. The van der Waals surface area contributed by atoms with Crippen molar-refractivity contribution in [1.29, 1.82) is 0 Å². The maximum Gasteiger partial charge on any atom is 0.293 e. The molecule has 34 heavy (non-hydrogen) atoms. The lowest BCUT2D eigenvalue weighted by Gasteiger charge is -2.14. The van der Waals surface area contributed by atoms with Gasteiger partial charge in [-0.15, -0.1) is 0 Å². The van der Waals surface area contributed by atoms with Crippen molar-refractivity contribution in [2.45, 2.75) is 20.5 Å². The third-order valence-corrected chi connectivity index (χ3v) is 6.19. The summed E-state index contributed by atoms with van der Waals surface area (Å²) >= 11 is 0.922. The van der Waals surface area contributed by atoms with E-state index in [0.717, 1.165) is 39.8 Å². The Bertz CT molecular complexity index is 1220. The first kappa shape index (κ1) is 23.6. The molecule has 0 saturated carbocycles. The number of carbonyl (C=O) groups excluding carboxylic acids is 2. The van der Waals surface area contributed by atoms with Crippen molar-refractivity contribution in [2.24, 2.45) is 0 Å². The van der Waals surface area contributed by atoms with E-state index in [4.69, 9.17) is 9.47 Å². The standard InChI is InChI=1S/C27H24FNO4S/c1-18-3-4-19(2)24(15-18)32-14-13-29-26(30)25(34-27(29)31)16-20-7-11-23(12-8-20)33-17-21-5-9-22(28)10-6-21/h3-12,15-16H,13-14,17H2,1-2H3/b25-16-. The maximum atomic E-state index is 13.0. The number of benzene rings is 3. The number of imide groups is 1. The van der Waals surface area contributed by atoms with E-state index in [0.29, 0.717) is 17.3 Å². The van der Waals surface area contributed by atoms with Gasteiger partial charge < -0.3 is 9.47 Å². The van der Waals surface area contributed by atoms with Crippen LogP contribution in [0.3, 0.4) is 0 Å². The molecular formula is C27H24FNO4S. The molecular weight excluding hydrogens is 453 g/mol. The zero-order valence-corrected chi connectivity index (χ0v) is 19.7. The molecule has 0 unspecified atom stereocenters. The minimum Gasteiger partial charge on any atom is -0.491 e. The van der Waals surface area contributed by atoms with Crippen LogP contribution in [0.5, 0.6) is 11.5 Å². The van der Waals surface area contributed by atoms with Gasteiger partial charge in [-0.3, -0.25) is 14.5 Å². The zero-order valence-electron chi connectivity index (χ0n) is 18.9. The number of aryl methyl sites for hydroxylation is 2. The second kappa shape index (κ2) is 10.6. The fourth-order valence-electron chi connectivity index (χ4n) is 3.36. The van der Waals surface area contributed by atoms with E-state index in [2.05, 4.69) is 0 Å². The Kier molecular flexibility index (Phi) is 7.33. The van der Waals surface area contributed by atoms with Crippen molar-refractivity contribution in [1.82, 2.24) is 4.90 Å². The number of thioether (sulfide) groups is 1. The second-order valence-electron chi connectivity index (χ2n) is 7.93. The third-order valence-electron chi connectivity index (χ3n) is 5.29. The lowest BCUT2D eigenvalue weighted by Crippen LogP contribution is -2.32. The molecule has 1 saturated heterocycles. The summed E-state index contributed by atoms with van der Waals surface area (Å²) in [4.78, 5) is 26.7. The molecule has 5 nitrogen and oxygen atoms in total. The fourth-order valence-corrected chi connectivity index (χ4v) is 4.23. The molecule has 1 fully saturated rings. The van der Waals surface area contributed by atoms with Gasteiger partial charge in [0.2, 0.25) is 0 Å². The van der Waals surface area contributed by atoms with E-state index in [-0.39, 0.29) is 30.1 Å². The predicted molar refractivity (Wildman–Crippen MR) is 131 cm³/mol. The van der Waals surface area contributed by atoms with Gasteiger partial charge >= 0.3 is 0 Å². The molecule has 0 bridgehead atoms. The number of nitrogens with zero attached hydrogens (tertiary/aromatic N) is 1. The summed E-state index contributed by atoms with van der Waals surface area (Å²) in [6, 6.07) is 19.3. The van der Waals surface area contributed by atoms with Crippen LogP contribution in [0.4, 0.5) is 9.18 Å². The maximum absolute atomic E-state index is 13.0. The van der Waals surface area contributed by atoms with E-state index < -0.39 is 0 Å². The molecule has 0 spiro atoms. The van der Waals surface area contributed by atoms with Crippen molar-refractivity contribution in [3.63, 3.8) is 0 Å². The highest BCUT2D eigenvalue weighted by Crippen LogP contribution is 2.32. The number of rotatable bonds is 8. The molecule has 4 rings (SSSR count). The largest absolute Gasteiger partial charge is 0.491 e. The highest BCUT2D eigenvalue weighted by Gasteiger charge is 2.34. The van der Waals surface area contributed by atoms with Crippen LogP contribution in [0.25, 0.3) is 6.08 Å². The Morgan fingerprint density at radius 3 is 2.41 bits per heavy atom. The topological polar surface area (TPSA) is 55.8 Å². The van der Waals surface area contributed by atoms with Gasteiger partial charge in [-0.2, -0.15) is 0 Å². The van der Waals surface area contributed by atoms with Crippen LogP contribution in [0.2, 0.25) is 0 Å². The second-order valence-corrected chi connectivity index (χ2v) is 8.93. The Morgan fingerprint density at radius 2 is 1.68 bits per heavy atom. The average Bonchev–Trinajstić information content (AvgIpc) is 3.09. The van der Waals surface area contributed by atoms with Crippen LogP contribution in [-0.2, 0) is 11.4 Å². The van der Waals surface area contributed by atoms with Gasteiger partial charge in [0, 0.05) is 0 Å². The molecule has 0 N–H and O–H groups in total. The lowest BCUT2D eigenvalue weighted by atomic mass is 10.1. The molecule has 3 aromatic carbocycles. The predicted octanol–water partition coefficient (Wildman–Crippen LogP) is 6.14. The molecule has 1 aliphatic heterocycles. The van der Waals surface area contributed by atoms with Gasteiger partial charge in [0.15, 0.2) is 0 Å². The van der Waals surface area contributed by atoms with Crippen LogP contribution in [0, 0.1) is 19.7 Å². The molecule has 0 atom stereocenters. The summed E-state index contributed by atoms with van der Waals surface area (Å²) < 4.78 is 24.5. The highest BCUT2D eigenvalue weighted by molar-refractivity contribution is 8.18.